The lowest BCUT2D eigenvalue weighted by molar-refractivity contribution is -0.156. The lowest BCUT2D eigenvalue weighted by atomic mass is 10.0. The summed E-state index contributed by atoms with van der Waals surface area (Å²) in [6.07, 6.45) is 3.52. The van der Waals surface area contributed by atoms with Gasteiger partial charge in [-0.15, -0.1) is 11.6 Å². The number of ketones is 1. The number of phenols is 1. The molecule has 0 aliphatic heterocycles. The second kappa shape index (κ2) is 8.74. The first-order chi connectivity index (χ1) is 12.6. The number of para-hydroxylation sites is 1. The van der Waals surface area contributed by atoms with Crippen LogP contribution in [0.25, 0.3) is 0 Å². The molecule has 0 heterocycles. The molecule has 1 aliphatic carbocycles. The number of phenolic OH excluding ortho intramolecular Hbond substituents is 1. The Labute approximate surface area is 164 Å². The van der Waals surface area contributed by atoms with Crippen molar-refractivity contribution in [1.29, 1.82) is 0 Å². The molecule has 1 aliphatic rings. The minimum atomic E-state index is -0.656. The van der Waals surface area contributed by atoms with E-state index >= 15 is 0 Å². The fraction of sp³-hybridized carbons (Fsp3) is 0.550. The molecule has 2 rings (SSSR count). The number of aromatic hydroxyl groups is 1. The molecular weight excluding hydrogens is 370 g/mol. The number of rotatable bonds is 6. The first-order valence-electron chi connectivity index (χ1n) is 9.08. The zero-order chi connectivity index (χ0) is 20.2. The van der Waals surface area contributed by atoms with Gasteiger partial charge in [-0.05, 0) is 45.7 Å². The van der Waals surface area contributed by atoms with Crippen LogP contribution in [0, 0.1) is 0 Å². The number of benzene rings is 1. The number of Topliss-reactive ketones (excluding diaryl/α,β-unsaturated/α-hetero) is 1. The van der Waals surface area contributed by atoms with Crippen LogP contribution < -0.4 is 0 Å². The van der Waals surface area contributed by atoms with Gasteiger partial charge in [-0.2, -0.15) is 0 Å². The van der Waals surface area contributed by atoms with E-state index in [9.17, 15) is 19.5 Å². The standard InChI is InChI=1S/C20H26ClNO5/c1-20(2,3)27-17(24)12-22(13-7-4-5-8-13)19(26)15-10-6-9-14(18(15)25)16(23)11-21/h6,9-10,13,25H,4-5,7-8,11-12H2,1-3H3. The number of alkyl halides is 1. The summed E-state index contributed by atoms with van der Waals surface area (Å²) >= 11 is 5.57. The number of carbonyl (C=O) groups excluding carboxylic acids is 3. The van der Waals surface area contributed by atoms with Gasteiger partial charge in [0.25, 0.3) is 5.91 Å². The first-order valence-corrected chi connectivity index (χ1v) is 9.61. The van der Waals surface area contributed by atoms with Crippen molar-refractivity contribution in [3.8, 4) is 5.75 Å². The summed E-state index contributed by atoms with van der Waals surface area (Å²) in [7, 11) is 0. The third kappa shape index (κ3) is 5.45. The summed E-state index contributed by atoms with van der Waals surface area (Å²) in [5.41, 5.74) is -0.669. The van der Waals surface area contributed by atoms with Crippen molar-refractivity contribution in [1.82, 2.24) is 4.90 Å². The number of carbonyl (C=O) groups is 3. The summed E-state index contributed by atoms with van der Waals surface area (Å²) in [6, 6.07) is 4.29. The Morgan fingerprint density at radius 2 is 1.78 bits per heavy atom. The van der Waals surface area contributed by atoms with Crippen molar-refractivity contribution in [3.63, 3.8) is 0 Å². The van der Waals surface area contributed by atoms with Gasteiger partial charge in [0.15, 0.2) is 5.78 Å². The van der Waals surface area contributed by atoms with Crippen molar-refractivity contribution in [3.05, 3.63) is 29.3 Å². The van der Waals surface area contributed by atoms with Gasteiger partial charge in [-0.25, -0.2) is 0 Å². The lowest BCUT2D eigenvalue weighted by Crippen LogP contribution is -2.44. The zero-order valence-electron chi connectivity index (χ0n) is 16.0. The average molecular weight is 396 g/mol. The Hall–Kier alpha value is -2.08. The molecule has 1 aromatic rings. The molecule has 27 heavy (non-hydrogen) atoms. The average Bonchev–Trinajstić information content (AvgIpc) is 3.11. The highest BCUT2D eigenvalue weighted by molar-refractivity contribution is 6.31. The van der Waals surface area contributed by atoms with Crippen LogP contribution >= 0.6 is 11.6 Å². The SMILES string of the molecule is CC(C)(C)OC(=O)CN(C(=O)c1cccc(C(=O)CCl)c1O)C1CCCC1. The van der Waals surface area contributed by atoms with Crippen molar-refractivity contribution in [2.24, 2.45) is 0 Å². The van der Waals surface area contributed by atoms with Gasteiger partial charge in [-0.1, -0.05) is 18.9 Å². The van der Waals surface area contributed by atoms with Crippen molar-refractivity contribution >= 4 is 29.3 Å². The van der Waals surface area contributed by atoms with Crippen LogP contribution in [0.5, 0.6) is 5.75 Å². The van der Waals surface area contributed by atoms with Crippen LogP contribution in [0.3, 0.4) is 0 Å². The van der Waals surface area contributed by atoms with Gasteiger partial charge in [0.05, 0.1) is 17.0 Å². The minimum absolute atomic E-state index is 0.000472. The lowest BCUT2D eigenvalue weighted by Gasteiger charge is -2.30. The maximum atomic E-state index is 13.1. The summed E-state index contributed by atoms with van der Waals surface area (Å²) in [6.45, 7) is 5.09. The molecule has 1 aromatic carbocycles. The molecule has 0 aromatic heterocycles. The molecule has 0 radical (unpaired) electrons. The maximum absolute atomic E-state index is 13.1. The molecule has 1 fully saturated rings. The number of esters is 1. The van der Waals surface area contributed by atoms with Gasteiger partial charge >= 0.3 is 5.97 Å². The van der Waals surface area contributed by atoms with Gasteiger partial charge in [-0.3, -0.25) is 14.4 Å². The Bertz CT molecular complexity index is 720. The number of hydrogen-bond donors (Lipinski definition) is 1. The minimum Gasteiger partial charge on any atom is -0.506 e. The van der Waals surface area contributed by atoms with E-state index in [1.165, 1.54) is 23.1 Å². The van der Waals surface area contributed by atoms with Crippen molar-refractivity contribution < 1.29 is 24.2 Å². The number of nitrogens with zero attached hydrogens (tertiary/aromatic N) is 1. The van der Waals surface area contributed by atoms with Crippen molar-refractivity contribution in [2.75, 3.05) is 12.4 Å². The molecule has 0 atom stereocenters. The number of halogens is 1. The van der Waals surface area contributed by atoms with Crippen LogP contribution in [0.15, 0.2) is 18.2 Å². The fourth-order valence-corrected chi connectivity index (χ4v) is 3.41. The molecule has 1 amide bonds. The Kier molecular flexibility index (Phi) is 6.87. The molecule has 148 valence electrons. The smallest absolute Gasteiger partial charge is 0.326 e. The Morgan fingerprint density at radius 1 is 1.19 bits per heavy atom. The number of hydrogen-bond acceptors (Lipinski definition) is 5. The molecule has 0 bridgehead atoms. The highest BCUT2D eigenvalue weighted by Gasteiger charge is 2.32. The first kappa shape index (κ1) is 21.2. The summed E-state index contributed by atoms with van der Waals surface area (Å²) in [4.78, 5) is 38.8. The maximum Gasteiger partial charge on any atom is 0.326 e. The van der Waals surface area contributed by atoms with Gasteiger partial charge in [0.2, 0.25) is 0 Å². The fourth-order valence-electron chi connectivity index (χ4n) is 3.26. The van der Waals surface area contributed by atoms with Crippen LogP contribution in [0.1, 0.15) is 67.2 Å². The molecule has 6 nitrogen and oxygen atoms in total. The second-order valence-corrected chi connectivity index (χ2v) is 7.98. The Morgan fingerprint density at radius 3 is 2.33 bits per heavy atom. The zero-order valence-corrected chi connectivity index (χ0v) is 16.7. The van der Waals surface area contributed by atoms with Crippen LogP contribution in [-0.4, -0.2) is 51.7 Å². The predicted molar refractivity (Wildman–Crippen MR) is 102 cm³/mol. The predicted octanol–water partition coefficient (Wildman–Crippen LogP) is 3.54. The number of amides is 1. The van der Waals surface area contributed by atoms with E-state index in [4.69, 9.17) is 16.3 Å². The quantitative estimate of drug-likeness (QED) is 0.452. The van der Waals surface area contributed by atoms with Crippen LogP contribution in [0.2, 0.25) is 0 Å². The van der Waals surface area contributed by atoms with E-state index in [1.807, 2.05) is 0 Å². The molecular formula is C20H26ClNO5. The molecule has 0 saturated heterocycles. The largest absolute Gasteiger partial charge is 0.506 e. The molecule has 0 unspecified atom stereocenters. The molecule has 7 heteroatoms. The summed E-state index contributed by atoms with van der Waals surface area (Å²) < 4.78 is 5.36. The van der Waals surface area contributed by atoms with Crippen molar-refractivity contribution in [2.45, 2.75) is 58.1 Å². The molecule has 0 spiro atoms. The summed E-state index contributed by atoms with van der Waals surface area (Å²) in [5.74, 6) is -2.16. The van der Waals surface area contributed by atoms with E-state index in [2.05, 4.69) is 0 Å². The van der Waals surface area contributed by atoms with E-state index < -0.39 is 29.0 Å². The number of ether oxygens (including phenoxy) is 1. The van der Waals surface area contributed by atoms with E-state index in [0.717, 1.165) is 25.7 Å². The van der Waals surface area contributed by atoms with Gasteiger partial charge in [0.1, 0.15) is 17.9 Å². The van der Waals surface area contributed by atoms with Crippen LogP contribution in [-0.2, 0) is 9.53 Å². The van der Waals surface area contributed by atoms with Crippen LogP contribution in [0.4, 0.5) is 0 Å². The van der Waals surface area contributed by atoms with Gasteiger partial charge in [0, 0.05) is 6.04 Å². The highest BCUT2D eigenvalue weighted by Crippen LogP contribution is 2.29. The third-order valence-electron chi connectivity index (χ3n) is 4.43. The molecule has 1 saturated carbocycles. The molecule has 1 N–H and O–H groups in total. The van der Waals surface area contributed by atoms with Gasteiger partial charge < -0.3 is 14.7 Å². The second-order valence-electron chi connectivity index (χ2n) is 7.72. The van der Waals surface area contributed by atoms with E-state index in [-0.39, 0.29) is 29.6 Å². The topological polar surface area (TPSA) is 83.9 Å². The monoisotopic (exact) mass is 395 g/mol. The summed E-state index contributed by atoms with van der Waals surface area (Å²) in [5, 5.41) is 10.4. The normalized spacial score (nSPS) is 14.8. The van der Waals surface area contributed by atoms with E-state index in [0.29, 0.717) is 0 Å². The Balaban J connectivity index is 2.31. The highest BCUT2D eigenvalue weighted by atomic mass is 35.5. The third-order valence-corrected chi connectivity index (χ3v) is 4.68. The van der Waals surface area contributed by atoms with E-state index in [1.54, 1.807) is 20.8 Å².